The van der Waals surface area contributed by atoms with E-state index in [2.05, 4.69) is 11.0 Å². The number of aryl methyl sites for hydroxylation is 1. The van der Waals surface area contributed by atoms with Crippen LogP contribution in [0.5, 0.6) is 0 Å². The fourth-order valence-corrected chi connectivity index (χ4v) is 1.74. The lowest BCUT2D eigenvalue weighted by Gasteiger charge is -2.35. The molecule has 2 amide bonds. The Morgan fingerprint density at radius 1 is 1.24 bits per heavy atom. The Morgan fingerprint density at radius 2 is 1.86 bits per heavy atom. The number of ether oxygens (including phenoxy) is 1. The van der Waals surface area contributed by atoms with Crippen LogP contribution in [-0.2, 0) is 9.53 Å². The van der Waals surface area contributed by atoms with Gasteiger partial charge in [-0.2, -0.15) is 0 Å². The molecule has 0 fully saturated rings. The highest BCUT2D eigenvalue weighted by Gasteiger charge is 2.28. The van der Waals surface area contributed by atoms with Gasteiger partial charge in [0, 0.05) is 12.7 Å². The Kier molecular flexibility index (Phi) is 5.87. The molecule has 0 spiro atoms. The molecule has 6 nitrogen and oxygen atoms in total. The van der Waals surface area contributed by atoms with Crippen molar-refractivity contribution in [3.63, 3.8) is 0 Å². The number of carbonyl (C=O) groups is 2. The molecule has 0 saturated heterocycles. The molecule has 0 radical (unpaired) electrons. The van der Waals surface area contributed by atoms with Gasteiger partial charge in [-0.3, -0.25) is 20.0 Å². The number of benzene rings is 1. The van der Waals surface area contributed by atoms with E-state index in [1.165, 1.54) is 12.1 Å². The van der Waals surface area contributed by atoms with Crippen molar-refractivity contribution < 1.29 is 14.3 Å². The van der Waals surface area contributed by atoms with Crippen LogP contribution in [0.15, 0.2) is 24.3 Å². The van der Waals surface area contributed by atoms with E-state index in [1.807, 2.05) is 45.9 Å². The van der Waals surface area contributed by atoms with Crippen LogP contribution in [0.1, 0.15) is 36.7 Å². The molecule has 0 aliphatic heterocycles. The van der Waals surface area contributed by atoms with E-state index in [0.717, 1.165) is 5.56 Å². The largest absolute Gasteiger partial charge is 0.375 e. The number of hydrogen-bond acceptors (Lipinski definition) is 4. The number of hydrazine groups is 2. The third-order valence-electron chi connectivity index (χ3n) is 2.83. The predicted molar refractivity (Wildman–Crippen MR) is 80.3 cm³/mol. The number of methoxy groups -OCH3 is 1. The van der Waals surface area contributed by atoms with Crippen molar-refractivity contribution in [2.24, 2.45) is 0 Å². The van der Waals surface area contributed by atoms with Crippen molar-refractivity contribution in [3.05, 3.63) is 35.4 Å². The highest BCUT2D eigenvalue weighted by Crippen LogP contribution is 2.16. The number of hydrogen-bond donors (Lipinski definition) is 2. The lowest BCUT2D eigenvalue weighted by Crippen LogP contribution is -2.60. The monoisotopic (exact) mass is 293 g/mol. The summed E-state index contributed by atoms with van der Waals surface area (Å²) in [5.41, 5.74) is 6.07. The minimum absolute atomic E-state index is 0.0798. The zero-order chi connectivity index (χ0) is 16.0. The topological polar surface area (TPSA) is 70.7 Å². The van der Waals surface area contributed by atoms with Gasteiger partial charge in [0.25, 0.3) is 11.8 Å². The maximum Gasteiger partial charge on any atom is 0.270 e. The third kappa shape index (κ3) is 4.84. The maximum atomic E-state index is 12.7. The highest BCUT2D eigenvalue weighted by atomic mass is 16.5. The summed E-state index contributed by atoms with van der Waals surface area (Å²) in [5.74, 6) is -0.567. The van der Waals surface area contributed by atoms with Crippen molar-refractivity contribution >= 4 is 11.8 Å². The van der Waals surface area contributed by atoms with E-state index in [-0.39, 0.29) is 18.4 Å². The fourth-order valence-electron chi connectivity index (χ4n) is 1.74. The van der Waals surface area contributed by atoms with E-state index in [0.29, 0.717) is 5.56 Å². The van der Waals surface area contributed by atoms with Crippen LogP contribution in [0.4, 0.5) is 0 Å². The van der Waals surface area contributed by atoms with Crippen molar-refractivity contribution in [3.8, 4) is 0 Å². The Morgan fingerprint density at radius 3 is 2.38 bits per heavy atom. The molecule has 2 N–H and O–H groups in total. The second-order valence-electron chi connectivity index (χ2n) is 5.72. The molecular weight excluding hydrogens is 270 g/mol. The molecule has 0 atom stereocenters. The molecule has 0 heterocycles. The molecule has 0 aliphatic rings. The van der Waals surface area contributed by atoms with Gasteiger partial charge < -0.3 is 4.74 Å². The van der Waals surface area contributed by atoms with Gasteiger partial charge in [-0.05, 0) is 39.3 Å². The number of amides is 2. The minimum Gasteiger partial charge on any atom is -0.375 e. The highest BCUT2D eigenvalue weighted by molar-refractivity contribution is 5.95. The summed E-state index contributed by atoms with van der Waals surface area (Å²) >= 11 is 0. The summed E-state index contributed by atoms with van der Waals surface area (Å²) in [4.78, 5) is 24.1. The third-order valence-corrected chi connectivity index (χ3v) is 2.83. The molecule has 0 bridgehead atoms. The first-order valence-electron chi connectivity index (χ1n) is 6.71. The van der Waals surface area contributed by atoms with E-state index < -0.39 is 5.54 Å². The van der Waals surface area contributed by atoms with Crippen LogP contribution >= 0.6 is 0 Å². The first-order valence-corrected chi connectivity index (χ1v) is 6.71. The Bertz CT molecular complexity index is 509. The van der Waals surface area contributed by atoms with Gasteiger partial charge in [0.1, 0.15) is 6.61 Å². The van der Waals surface area contributed by atoms with Crippen molar-refractivity contribution in [2.45, 2.75) is 33.2 Å². The molecule has 0 saturated carbocycles. The van der Waals surface area contributed by atoms with Crippen LogP contribution in [-0.4, -0.2) is 36.1 Å². The molecule has 0 aliphatic carbocycles. The molecule has 1 aromatic carbocycles. The molecule has 6 heteroatoms. The number of nitrogens with one attached hydrogen (secondary N) is 2. The van der Waals surface area contributed by atoms with Gasteiger partial charge in [-0.1, -0.05) is 18.2 Å². The average molecular weight is 293 g/mol. The van der Waals surface area contributed by atoms with E-state index >= 15 is 0 Å². The summed E-state index contributed by atoms with van der Waals surface area (Å²) in [6.45, 7) is 7.41. The van der Waals surface area contributed by atoms with Crippen molar-refractivity contribution in [2.75, 3.05) is 13.7 Å². The summed E-state index contributed by atoms with van der Waals surface area (Å²) in [5, 5.41) is 1.39. The second-order valence-corrected chi connectivity index (χ2v) is 5.72. The van der Waals surface area contributed by atoms with Gasteiger partial charge in [0.2, 0.25) is 0 Å². The van der Waals surface area contributed by atoms with Crippen LogP contribution in [0.25, 0.3) is 0 Å². The van der Waals surface area contributed by atoms with Crippen molar-refractivity contribution in [1.82, 2.24) is 16.0 Å². The van der Waals surface area contributed by atoms with Crippen LogP contribution in [0, 0.1) is 6.92 Å². The van der Waals surface area contributed by atoms with Gasteiger partial charge >= 0.3 is 0 Å². The lowest BCUT2D eigenvalue weighted by atomic mass is 10.0. The first-order chi connectivity index (χ1) is 9.77. The Labute approximate surface area is 125 Å². The average Bonchev–Trinajstić information content (AvgIpc) is 2.38. The summed E-state index contributed by atoms with van der Waals surface area (Å²) < 4.78 is 4.73. The Hall–Kier alpha value is -1.92. The zero-order valence-corrected chi connectivity index (χ0v) is 13.2. The molecule has 0 aromatic heterocycles. The molecule has 1 aromatic rings. The second kappa shape index (κ2) is 7.19. The number of carbonyl (C=O) groups excluding carboxylic acids is 2. The van der Waals surface area contributed by atoms with E-state index in [9.17, 15) is 9.59 Å². The molecule has 1 rings (SSSR count). The smallest absolute Gasteiger partial charge is 0.270 e. The predicted octanol–water partition coefficient (Wildman–Crippen LogP) is 1.42. The number of rotatable bonds is 5. The lowest BCUT2D eigenvalue weighted by molar-refractivity contribution is -0.127. The summed E-state index contributed by atoms with van der Waals surface area (Å²) in [6, 6.07) is 7.32. The van der Waals surface area contributed by atoms with E-state index in [4.69, 9.17) is 4.74 Å². The standard InChI is InChI=1S/C15H23N3O3/c1-11-8-6-7-9-12(11)14(20)18(15(2,3)4)17-16-13(19)10-21-5/h6-9,17H,10H2,1-5H3,(H,16,19). The number of nitrogens with zero attached hydrogens (tertiary/aromatic N) is 1. The van der Waals surface area contributed by atoms with Crippen LogP contribution in [0.3, 0.4) is 0 Å². The van der Waals surface area contributed by atoms with Gasteiger partial charge in [0.05, 0.1) is 5.54 Å². The molecule has 21 heavy (non-hydrogen) atoms. The molecule has 0 unspecified atom stereocenters. The van der Waals surface area contributed by atoms with Crippen LogP contribution < -0.4 is 11.0 Å². The normalized spacial score (nSPS) is 11.1. The Balaban J connectivity index is 2.91. The molecular formula is C15H23N3O3. The van der Waals surface area contributed by atoms with Gasteiger partial charge in [-0.25, -0.2) is 0 Å². The van der Waals surface area contributed by atoms with Gasteiger partial charge in [-0.15, -0.1) is 5.53 Å². The zero-order valence-electron chi connectivity index (χ0n) is 13.2. The SMILES string of the molecule is COCC(=O)NNN(C(=O)c1ccccc1C)C(C)(C)C. The fraction of sp³-hybridized carbons (Fsp3) is 0.467. The maximum absolute atomic E-state index is 12.7. The van der Waals surface area contributed by atoms with Crippen LogP contribution in [0.2, 0.25) is 0 Å². The minimum atomic E-state index is -0.514. The summed E-state index contributed by atoms with van der Waals surface area (Å²) in [7, 11) is 1.43. The summed E-state index contributed by atoms with van der Waals surface area (Å²) in [6.07, 6.45) is 0. The van der Waals surface area contributed by atoms with Crippen molar-refractivity contribution in [1.29, 1.82) is 0 Å². The molecule has 116 valence electrons. The first kappa shape index (κ1) is 17.1. The van der Waals surface area contributed by atoms with Gasteiger partial charge in [0.15, 0.2) is 0 Å². The quantitative estimate of drug-likeness (QED) is 0.806. The van der Waals surface area contributed by atoms with E-state index in [1.54, 1.807) is 6.07 Å².